The second-order valence-corrected chi connectivity index (χ2v) is 6.00. The molecule has 1 aliphatic rings. The first-order chi connectivity index (χ1) is 9.79. The van der Waals surface area contributed by atoms with Gasteiger partial charge in [0, 0.05) is 30.4 Å². The van der Waals surface area contributed by atoms with Gasteiger partial charge in [0.25, 0.3) is 5.91 Å². The number of hydrogen-bond acceptors (Lipinski definition) is 4. The van der Waals surface area contributed by atoms with E-state index in [1.165, 1.54) is 24.3 Å². The predicted octanol–water partition coefficient (Wildman–Crippen LogP) is 1.91. The highest BCUT2D eigenvalue weighted by molar-refractivity contribution is 7.99. The molecular formula is C15H22N2O2S. The molecule has 110 valence electrons. The molecule has 0 spiro atoms. The summed E-state index contributed by atoms with van der Waals surface area (Å²) < 4.78 is 5.07. The van der Waals surface area contributed by atoms with Crippen LogP contribution in [0.25, 0.3) is 0 Å². The van der Waals surface area contributed by atoms with Crippen molar-refractivity contribution in [2.75, 3.05) is 31.7 Å². The number of nitrogens with one attached hydrogen (secondary N) is 2. The summed E-state index contributed by atoms with van der Waals surface area (Å²) in [6.45, 7) is 1.49. The maximum atomic E-state index is 11.9. The molecule has 20 heavy (non-hydrogen) atoms. The van der Waals surface area contributed by atoms with Crippen molar-refractivity contribution in [1.82, 2.24) is 10.6 Å². The summed E-state index contributed by atoms with van der Waals surface area (Å²) in [7, 11) is 1.62. The maximum Gasteiger partial charge on any atom is 0.251 e. The fourth-order valence-electron chi connectivity index (χ4n) is 2.20. The summed E-state index contributed by atoms with van der Waals surface area (Å²) in [5, 5.41) is 6.42. The summed E-state index contributed by atoms with van der Waals surface area (Å²) in [6.07, 6.45) is 2.54. The molecule has 1 unspecified atom stereocenters. The predicted molar refractivity (Wildman–Crippen MR) is 83.7 cm³/mol. The fraction of sp³-hybridized carbons (Fsp3) is 0.533. The molecular weight excluding hydrogens is 272 g/mol. The Kier molecular flexibility index (Phi) is 6.21. The van der Waals surface area contributed by atoms with Gasteiger partial charge in [-0.1, -0.05) is 0 Å². The number of hydrogen-bond donors (Lipinski definition) is 2. The van der Waals surface area contributed by atoms with Crippen LogP contribution in [0.4, 0.5) is 0 Å². The molecule has 1 heterocycles. The minimum absolute atomic E-state index is 0.0347. The fourth-order valence-corrected chi connectivity index (χ4v) is 3.30. The highest BCUT2D eigenvalue weighted by Crippen LogP contribution is 2.16. The van der Waals surface area contributed by atoms with Gasteiger partial charge in [0.05, 0.1) is 7.11 Å². The lowest BCUT2D eigenvalue weighted by Gasteiger charge is -2.22. The number of carbonyl (C=O) groups is 1. The van der Waals surface area contributed by atoms with Crippen LogP contribution >= 0.6 is 11.8 Å². The Balaban J connectivity index is 1.66. The van der Waals surface area contributed by atoms with Crippen LogP contribution in [0.3, 0.4) is 0 Å². The Hall–Kier alpha value is -1.20. The van der Waals surface area contributed by atoms with Crippen LogP contribution in [-0.2, 0) is 0 Å². The van der Waals surface area contributed by atoms with E-state index >= 15 is 0 Å². The smallest absolute Gasteiger partial charge is 0.251 e. The molecule has 1 amide bonds. The van der Waals surface area contributed by atoms with Crippen LogP contribution in [0.15, 0.2) is 24.3 Å². The van der Waals surface area contributed by atoms with Gasteiger partial charge in [-0.15, -0.1) is 0 Å². The van der Waals surface area contributed by atoms with E-state index in [1.54, 1.807) is 31.4 Å². The summed E-state index contributed by atoms with van der Waals surface area (Å²) in [6, 6.07) is 7.75. The summed E-state index contributed by atoms with van der Waals surface area (Å²) in [5.74, 6) is 3.20. The minimum Gasteiger partial charge on any atom is -0.497 e. The van der Waals surface area contributed by atoms with E-state index in [0.717, 1.165) is 12.3 Å². The molecule has 0 saturated carbocycles. The molecule has 1 fully saturated rings. The Labute approximate surface area is 124 Å². The average Bonchev–Trinajstić information content (AvgIpc) is 2.52. The van der Waals surface area contributed by atoms with Gasteiger partial charge < -0.3 is 15.4 Å². The molecule has 4 nitrogen and oxygen atoms in total. The van der Waals surface area contributed by atoms with Crippen LogP contribution in [-0.4, -0.2) is 43.7 Å². The number of ether oxygens (including phenoxy) is 1. The largest absolute Gasteiger partial charge is 0.497 e. The van der Waals surface area contributed by atoms with Crippen molar-refractivity contribution in [3.05, 3.63) is 29.8 Å². The Bertz CT molecular complexity index is 416. The number of amides is 1. The molecule has 2 N–H and O–H groups in total. The number of rotatable bonds is 6. The van der Waals surface area contributed by atoms with Gasteiger partial charge >= 0.3 is 0 Å². The van der Waals surface area contributed by atoms with E-state index in [2.05, 4.69) is 10.6 Å². The Morgan fingerprint density at radius 1 is 1.35 bits per heavy atom. The molecule has 1 aromatic rings. The van der Waals surface area contributed by atoms with E-state index in [0.29, 0.717) is 18.2 Å². The lowest BCUT2D eigenvalue weighted by Crippen LogP contribution is -2.39. The summed E-state index contributed by atoms with van der Waals surface area (Å²) in [5.41, 5.74) is 0.666. The molecule has 1 atom stereocenters. The first-order valence-corrected chi connectivity index (χ1v) is 8.18. The quantitative estimate of drug-likeness (QED) is 0.787. The molecule has 2 rings (SSSR count). The van der Waals surface area contributed by atoms with Crippen molar-refractivity contribution in [3.63, 3.8) is 0 Å². The van der Waals surface area contributed by atoms with Gasteiger partial charge in [-0.25, -0.2) is 0 Å². The van der Waals surface area contributed by atoms with Gasteiger partial charge in [-0.05, 0) is 42.9 Å². The third-order valence-corrected chi connectivity index (χ3v) is 4.57. The van der Waals surface area contributed by atoms with Gasteiger partial charge in [0.2, 0.25) is 0 Å². The maximum absolute atomic E-state index is 11.9. The monoisotopic (exact) mass is 294 g/mol. The summed E-state index contributed by atoms with van der Waals surface area (Å²) in [4.78, 5) is 11.9. The third-order valence-electron chi connectivity index (χ3n) is 3.36. The van der Waals surface area contributed by atoms with Crippen LogP contribution in [0.5, 0.6) is 5.75 Å². The molecule has 0 aliphatic carbocycles. The van der Waals surface area contributed by atoms with Gasteiger partial charge in [-0.3, -0.25) is 4.79 Å². The first-order valence-electron chi connectivity index (χ1n) is 7.03. The number of benzene rings is 1. The number of methoxy groups -OCH3 is 1. The lowest BCUT2D eigenvalue weighted by molar-refractivity contribution is 0.0953. The molecule has 0 radical (unpaired) electrons. The number of thioether (sulfide) groups is 1. The molecule has 1 aromatic carbocycles. The Morgan fingerprint density at radius 3 is 2.80 bits per heavy atom. The van der Waals surface area contributed by atoms with E-state index in [9.17, 15) is 4.79 Å². The standard InChI is InChI=1S/C15H22N2O2S/c1-19-14-6-4-12(5-7-14)15(18)17-9-8-16-13-3-2-10-20-11-13/h4-7,13,16H,2-3,8-11H2,1H3,(H,17,18). The van der Waals surface area contributed by atoms with Crippen LogP contribution in [0, 0.1) is 0 Å². The van der Waals surface area contributed by atoms with Gasteiger partial charge in [-0.2, -0.15) is 11.8 Å². The molecule has 1 saturated heterocycles. The molecule has 5 heteroatoms. The normalized spacial score (nSPS) is 18.6. The van der Waals surface area contributed by atoms with E-state index in [4.69, 9.17) is 4.74 Å². The summed E-state index contributed by atoms with van der Waals surface area (Å²) >= 11 is 2.01. The zero-order chi connectivity index (χ0) is 14.2. The van der Waals surface area contributed by atoms with E-state index in [-0.39, 0.29) is 5.91 Å². The van der Waals surface area contributed by atoms with E-state index < -0.39 is 0 Å². The van der Waals surface area contributed by atoms with Crippen LogP contribution in [0.1, 0.15) is 23.2 Å². The van der Waals surface area contributed by atoms with E-state index in [1.807, 2.05) is 11.8 Å². The number of carbonyl (C=O) groups excluding carboxylic acids is 1. The second-order valence-electron chi connectivity index (χ2n) is 4.85. The van der Waals surface area contributed by atoms with Gasteiger partial charge in [0.1, 0.15) is 5.75 Å². The average molecular weight is 294 g/mol. The van der Waals surface area contributed by atoms with Crippen molar-refractivity contribution in [1.29, 1.82) is 0 Å². The SMILES string of the molecule is COc1ccc(C(=O)NCCNC2CCCSC2)cc1. The van der Waals surface area contributed by atoms with Crippen molar-refractivity contribution in [2.45, 2.75) is 18.9 Å². The van der Waals surface area contributed by atoms with Crippen molar-refractivity contribution >= 4 is 17.7 Å². The first kappa shape index (κ1) is 15.2. The molecule has 0 bridgehead atoms. The highest BCUT2D eigenvalue weighted by Gasteiger charge is 2.12. The highest BCUT2D eigenvalue weighted by atomic mass is 32.2. The topological polar surface area (TPSA) is 50.4 Å². The van der Waals surface area contributed by atoms with Crippen molar-refractivity contribution in [2.24, 2.45) is 0 Å². The molecule has 1 aliphatic heterocycles. The Morgan fingerprint density at radius 2 is 2.15 bits per heavy atom. The lowest BCUT2D eigenvalue weighted by atomic mass is 10.2. The zero-order valence-electron chi connectivity index (χ0n) is 11.9. The van der Waals surface area contributed by atoms with Crippen molar-refractivity contribution < 1.29 is 9.53 Å². The second kappa shape index (κ2) is 8.17. The third kappa shape index (κ3) is 4.72. The van der Waals surface area contributed by atoms with Gasteiger partial charge in [0.15, 0.2) is 0 Å². The van der Waals surface area contributed by atoms with Crippen LogP contribution in [0.2, 0.25) is 0 Å². The minimum atomic E-state index is -0.0347. The molecule has 0 aromatic heterocycles. The van der Waals surface area contributed by atoms with Crippen LogP contribution < -0.4 is 15.4 Å². The zero-order valence-corrected chi connectivity index (χ0v) is 12.7. The van der Waals surface area contributed by atoms with Crippen molar-refractivity contribution in [3.8, 4) is 5.75 Å².